The average molecular weight is 454 g/mol. The number of likely N-dealkylation sites (tertiary alicyclic amines) is 1. The van der Waals surface area contributed by atoms with Crippen LogP contribution < -0.4 is 4.74 Å². The quantitative estimate of drug-likeness (QED) is 0.359. The van der Waals surface area contributed by atoms with Crippen molar-refractivity contribution < 1.29 is 9.53 Å². The van der Waals surface area contributed by atoms with Crippen molar-refractivity contribution in [3.63, 3.8) is 0 Å². The summed E-state index contributed by atoms with van der Waals surface area (Å²) in [6, 6.07) is 25.1. The Morgan fingerprint density at radius 3 is 2.32 bits per heavy atom. The number of hydrogen-bond acceptors (Lipinski definition) is 3. The first-order chi connectivity index (χ1) is 16.5. The molecule has 0 N–H and O–H groups in total. The minimum atomic E-state index is 0.0769. The molecular weight excluding hydrogens is 422 g/mol. The first-order valence-electron chi connectivity index (χ1n) is 12.0. The molecule has 5 nitrogen and oxygen atoms in total. The number of para-hydroxylation sites is 2. The fourth-order valence-corrected chi connectivity index (χ4v) is 4.81. The van der Waals surface area contributed by atoms with Gasteiger partial charge in [0.05, 0.1) is 18.1 Å². The molecule has 34 heavy (non-hydrogen) atoms. The van der Waals surface area contributed by atoms with Gasteiger partial charge in [-0.05, 0) is 46.9 Å². The zero-order chi connectivity index (χ0) is 23.7. The summed E-state index contributed by atoms with van der Waals surface area (Å²) in [5.74, 6) is 2.60. The highest BCUT2D eigenvalue weighted by molar-refractivity contribution is 5.81. The summed E-state index contributed by atoms with van der Waals surface area (Å²) in [4.78, 5) is 19.9. The Balaban J connectivity index is 1.41. The number of carbonyl (C=O) groups excluding carboxylic acids is 1. The monoisotopic (exact) mass is 453 g/mol. The summed E-state index contributed by atoms with van der Waals surface area (Å²) in [7, 11) is 1.66. The molecule has 174 valence electrons. The van der Waals surface area contributed by atoms with E-state index >= 15 is 0 Å². The maximum absolute atomic E-state index is 12.9. The highest BCUT2D eigenvalue weighted by Gasteiger charge is 2.34. The van der Waals surface area contributed by atoms with E-state index in [2.05, 4.69) is 60.9 Å². The van der Waals surface area contributed by atoms with Gasteiger partial charge in [0.1, 0.15) is 11.6 Å². The molecule has 2 heterocycles. The van der Waals surface area contributed by atoms with Crippen molar-refractivity contribution >= 4 is 16.9 Å². The molecule has 1 amide bonds. The molecule has 1 aliphatic rings. The van der Waals surface area contributed by atoms with Crippen molar-refractivity contribution in [2.45, 2.75) is 45.2 Å². The molecule has 0 spiro atoms. The lowest BCUT2D eigenvalue weighted by Gasteiger charge is -2.18. The number of hydrogen-bond donors (Lipinski definition) is 0. The molecule has 5 heteroatoms. The fourth-order valence-electron chi connectivity index (χ4n) is 4.81. The number of aromatic nitrogens is 2. The normalized spacial score (nSPS) is 16.1. The number of amides is 1. The van der Waals surface area contributed by atoms with Gasteiger partial charge in [0, 0.05) is 32.0 Å². The molecule has 1 fully saturated rings. The second-order valence-corrected chi connectivity index (χ2v) is 9.46. The third kappa shape index (κ3) is 4.43. The van der Waals surface area contributed by atoms with E-state index < -0.39 is 0 Å². The number of rotatable bonds is 7. The number of fused-ring (bicyclic) bond motifs is 1. The molecule has 5 rings (SSSR count). The molecule has 0 saturated carbocycles. The van der Waals surface area contributed by atoms with Crippen molar-refractivity contribution in [1.82, 2.24) is 14.5 Å². The lowest BCUT2D eigenvalue weighted by atomic mass is 10.0. The van der Waals surface area contributed by atoms with E-state index in [1.54, 1.807) is 7.11 Å². The number of ether oxygens (including phenoxy) is 1. The SMILES string of the molecule is COc1ccc(CN2CC(c3nc4ccccc4n3Cc3ccc(C(C)C)cc3)CC2=O)cc1. The lowest BCUT2D eigenvalue weighted by Crippen LogP contribution is -2.24. The van der Waals surface area contributed by atoms with Crippen LogP contribution in [0.15, 0.2) is 72.8 Å². The second kappa shape index (κ2) is 9.34. The van der Waals surface area contributed by atoms with Gasteiger partial charge >= 0.3 is 0 Å². The minimum Gasteiger partial charge on any atom is -0.497 e. The molecule has 4 aromatic rings. The second-order valence-electron chi connectivity index (χ2n) is 9.46. The van der Waals surface area contributed by atoms with Crippen LogP contribution >= 0.6 is 0 Å². The van der Waals surface area contributed by atoms with Crippen LogP contribution in [0.3, 0.4) is 0 Å². The van der Waals surface area contributed by atoms with Crippen molar-refractivity contribution in [2.75, 3.05) is 13.7 Å². The van der Waals surface area contributed by atoms with Crippen LogP contribution in [0.4, 0.5) is 0 Å². The minimum absolute atomic E-state index is 0.0769. The number of methoxy groups -OCH3 is 1. The van der Waals surface area contributed by atoms with Crippen LogP contribution in [0.5, 0.6) is 5.75 Å². The maximum Gasteiger partial charge on any atom is 0.223 e. The highest BCUT2D eigenvalue weighted by Crippen LogP contribution is 2.32. The van der Waals surface area contributed by atoms with Crippen molar-refractivity contribution in [3.05, 3.63) is 95.3 Å². The Morgan fingerprint density at radius 2 is 1.62 bits per heavy atom. The summed E-state index contributed by atoms with van der Waals surface area (Å²) in [5.41, 5.74) is 5.79. The molecule has 0 bridgehead atoms. The summed E-state index contributed by atoms with van der Waals surface area (Å²) in [6.07, 6.45) is 0.492. The molecule has 1 atom stereocenters. The molecule has 1 aliphatic heterocycles. The Hall–Kier alpha value is -3.60. The Labute approximate surface area is 201 Å². The average Bonchev–Trinajstić information content (AvgIpc) is 3.40. The number of carbonyl (C=O) groups is 1. The maximum atomic E-state index is 12.9. The van der Waals surface area contributed by atoms with E-state index in [4.69, 9.17) is 9.72 Å². The topological polar surface area (TPSA) is 47.4 Å². The standard InChI is InChI=1S/C29H31N3O2/c1-20(2)23-12-8-22(9-13-23)18-32-27-7-5-4-6-26(27)30-29(32)24-16-28(33)31(19-24)17-21-10-14-25(34-3)15-11-21/h4-15,20,24H,16-19H2,1-3H3. The van der Waals surface area contributed by atoms with Crippen LogP contribution in [-0.4, -0.2) is 34.0 Å². The molecular formula is C29H31N3O2. The third-order valence-electron chi connectivity index (χ3n) is 6.78. The lowest BCUT2D eigenvalue weighted by molar-refractivity contribution is -0.128. The van der Waals surface area contributed by atoms with Gasteiger partial charge < -0.3 is 14.2 Å². The Kier molecular flexibility index (Phi) is 6.10. The summed E-state index contributed by atoms with van der Waals surface area (Å²) in [6.45, 7) is 6.46. The van der Waals surface area contributed by atoms with E-state index in [1.165, 1.54) is 11.1 Å². The summed E-state index contributed by atoms with van der Waals surface area (Å²) < 4.78 is 7.55. The van der Waals surface area contributed by atoms with Gasteiger partial charge in [0.25, 0.3) is 0 Å². The van der Waals surface area contributed by atoms with Gasteiger partial charge in [-0.2, -0.15) is 0 Å². The predicted molar refractivity (Wildman–Crippen MR) is 135 cm³/mol. The molecule has 0 aliphatic carbocycles. The first kappa shape index (κ1) is 22.2. The van der Waals surface area contributed by atoms with Crippen molar-refractivity contribution in [1.29, 1.82) is 0 Å². The van der Waals surface area contributed by atoms with Crippen LogP contribution in [0.2, 0.25) is 0 Å². The largest absolute Gasteiger partial charge is 0.497 e. The van der Waals surface area contributed by atoms with E-state index in [0.29, 0.717) is 25.4 Å². The highest BCUT2D eigenvalue weighted by atomic mass is 16.5. The first-order valence-corrected chi connectivity index (χ1v) is 12.0. The zero-order valence-corrected chi connectivity index (χ0v) is 20.1. The number of nitrogens with zero attached hydrogens (tertiary/aromatic N) is 3. The van der Waals surface area contributed by atoms with Gasteiger partial charge in [-0.25, -0.2) is 4.98 Å². The van der Waals surface area contributed by atoms with Crippen LogP contribution in [0.25, 0.3) is 11.0 Å². The van der Waals surface area contributed by atoms with Crippen LogP contribution in [0.1, 0.15) is 54.6 Å². The summed E-state index contributed by atoms with van der Waals surface area (Å²) in [5, 5.41) is 0. The van der Waals surface area contributed by atoms with Gasteiger partial charge in [-0.1, -0.05) is 62.4 Å². The predicted octanol–water partition coefficient (Wildman–Crippen LogP) is 5.73. The van der Waals surface area contributed by atoms with Gasteiger partial charge in [-0.3, -0.25) is 4.79 Å². The Morgan fingerprint density at radius 1 is 0.941 bits per heavy atom. The van der Waals surface area contributed by atoms with Crippen LogP contribution in [0, 0.1) is 0 Å². The van der Waals surface area contributed by atoms with E-state index in [0.717, 1.165) is 34.7 Å². The number of imidazole rings is 1. The Bertz CT molecular complexity index is 1290. The van der Waals surface area contributed by atoms with Gasteiger partial charge in [0.2, 0.25) is 5.91 Å². The smallest absolute Gasteiger partial charge is 0.223 e. The molecule has 1 unspecified atom stereocenters. The number of benzene rings is 3. The van der Waals surface area contributed by atoms with E-state index in [9.17, 15) is 4.79 Å². The van der Waals surface area contributed by atoms with Crippen molar-refractivity contribution in [2.24, 2.45) is 0 Å². The summed E-state index contributed by atoms with van der Waals surface area (Å²) >= 11 is 0. The molecule has 1 aromatic heterocycles. The van der Waals surface area contributed by atoms with E-state index in [1.807, 2.05) is 35.2 Å². The van der Waals surface area contributed by atoms with Crippen LogP contribution in [-0.2, 0) is 17.9 Å². The fraction of sp³-hybridized carbons (Fsp3) is 0.310. The zero-order valence-electron chi connectivity index (χ0n) is 20.1. The van der Waals surface area contributed by atoms with Gasteiger partial charge in [-0.15, -0.1) is 0 Å². The van der Waals surface area contributed by atoms with E-state index in [-0.39, 0.29) is 11.8 Å². The van der Waals surface area contributed by atoms with Crippen molar-refractivity contribution in [3.8, 4) is 5.75 Å². The van der Waals surface area contributed by atoms with Gasteiger partial charge in [0.15, 0.2) is 0 Å². The molecule has 0 radical (unpaired) electrons. The molecule has 1 saturated heterocycles. The molecule has 3 aromatic carbocycles. The third-order valence-corrected chi connectivity index (χ3v) is 6.78.